The Morgan fingerprint density at radius 2 is 1.50 bits per heavy atom. The maximum atomic E-state index is 3.55. The minimum atomic E-state index is 0.262. The van der Waals surface area contributed by atoms with Crippen LogP contribution in [0.2, 0.25) is 0 Å². The highest BCUT2D eigenvalue weighted by Crippen LogP contribution is 2.16. The summed E-state index contributed by atoms with van der Waals surface area (Å²) in [6, 6.07) is 9.17. The van der Waals surface area contributed by atoms with Crippen molar-refractivity contribution in [1.29, 1.82) is 0 Å². The summed E-state index contributed by atoms with van der Waals surface area (Å²) < 4.78 is 0. The molecule has 0 bridgehead atoms. The van der Waals surface area contributed by atoms with Crippen LogP contribution >= 0.6 is 0 Å². The van der Waals surface area contributed by atoms with Crippen molar-refractivity contribution < 1.29 is 0 Å². The maximum absolute atomic E-state index is 3.55. The second-order valence-corrected chi connectivity index (χ2v) is 7.24. The highest BCUT2D eigenvalue weighted by Gasteiger charge is 2.06. The van der Waals surface area contributed by atoms with E-state index in [1.54, 1.807) is 0 Å². The zero-order valence-corrected chi connectivity index (χ0v) is 14.1. The van der Waals surface area contributed by atoms with Gasteiger partial charge in [-0.2, -0.15) is 0 Å². The van der Waals surface area contributed by atoms with E-state index in [0.29, 0.717) is 5.92 Å². The maximum Gasteiger partial charge on any atom is 0.00965 e. The lowest BCUT2D eigenvalue weighted by Gasteiger charge is -2.20. The fourth-order valence-corrected chi connectivity index (χ4v) is 2.34. The summed E-state index contributed by atoms with van der Waals surface area (Å²) in [5.74, 6) is 0.638. The van der Waals surface area contributed by atoms with Crippen molar-refractivity contribution >= 4 is 0 Å². The van der Waals surface area contributed by atoms with Crippen LogP contribution in [0.5, 0.6) is 0 Å². The zero-order valence-electron chi connectivity index (χ0n) is 14.1. The number of nitrogens with one attached hydrogen (secondary N) is 1. The van der Waals surface area contributed by atoms with Crippen LogP contribution in [0.3, 0.4) is 0 Å². The van der Waals surface area contributed by atoms with Crippen LogP contribution in [-0.4, -0.2) is 12.1 Å². The Kier molecular flexibility index (Phi) is 7.29. The second-order valence-electron chi connectivity index (χ2n) is 7.24. The van der Waals surface area contributed by atoms with Gasteiger partial charge in [-0.25, -0.2) is 0 Å². The first kappa shape index (κ1) is 17.2. The van der Waals surface area contributed by atoms with Gasteiger partial charge < -0.3 is 5.32 Å². The van der Waals surface area contributed by atoms with Crippen molar-refractivity contribution in [2.75, 3.05) is 6.54 Å². The van der Waals surface area contributed by atoms with Gasteiger partial charge in [-0.3, -0.25) is 0 Å². The Labute approximate surface area is 126 Å². The Bertz CT molecular complexity index is 356. The summed E-state index contributed by atoms with van der Waals surface area (Å²) in [6.45, 7) is 12.3. The van der Waals surface area contributed by atoms with Crippen molar-refractivity contribution in [3.8, 4) is 0 Å². The monoisotopic (exact) mass is 275 g/mol. The van der Waals surface area contributed by atoms with Gasteiger partial charge in [-0.1, -0.05) is 51.0 Å². The molecular formula is C19H33N. The van der Waals surface area contributed by atoms with Gasteiger partial charge in [0.2, 0.25) is 0 Å². The van der Waals surface area contributed by atoms with Crippen LogP contribution in [0.4, 0.5) is 0 Å². The van der Waals surface area contributed by atoms with Crippen molar-refractivity contribution in [3.63, 3.8) is 0 Å². The third kappa shape index (κ3) is 7.69. The fraction of sp³-hybridized carbons (Fsp3) is 0.684. The predicted octanol–water partition coefficient (Wildman–Crippen LogP) is 5.30. The largest absolute Gasteiger partial charge is 0.312 e. The molecule has 0 aliphatic heterocycles. The number of hydrogen-bond acceptors (Lipinski definition) is 1. The molecule has 1 aromatic carbocycles. The molecule has 0 fully saturated rings. The lowest BCUT2D eigenvalue weighted by atomic mass is 9.99. The summed E-state index contributed by atoms with van der Waals surface area (Å²) >= 11 is 0. The molecule has 0 heterocycles. The van der Waals surface area contributed by atoms with E-state index in [0.717, 1.165) is 6.54 Å². The van der Waals surface area contributed by atoms with Gasteiger partial charge in [0.15, 0.2) is 0 Å². The van der Waals surface area contributed by atoms with Gasteiger partial charge in [0.05, 0.1) is 0 Å². The van der Waals surface area contributed by atoms with E-state index >= 15 is 0 Å². The van der Waals surface area contributed by atoms with Crippen molar-refractivity contribution in [2.45, 2.75) is 78.2 Å². The van der Waals surface area contributed by atoms with Crippen LogP contribution in [0.25, 0.3) is 0 Å². The molecule has 0 radical (unpaired) electrons. The Morgan fingerprint density at radius 3 is 2.05 bits per heavy atom. The first-order chi connectivity index (χ1) is 9.38. The van der Waals surface area contributed by atoms with Crippen LogP contribution in [0, 0.1) is 0 Å². The van der Waals surface area contributed by atoms with Gasteiger partial charge >= 0.3 is 0 Å². The molecule has 0 saturated heterocycles. The summed E-state index contributed by atoms with van der Waals surface area (Å²) in [4.78, 5) is 0. The molecular weight excluding hydrogens is 242 g/mol. The lowest BCUT2D eigenvalue weighted by Crippen LogP contribution is -2.36. The summed E-state index contributed by atoms with van der Waals surface area (Å²) in [5, 5.41) is 3.55. The van der Waals surface area contributed by atoms with Crippen LogP contribution in [0.15, 0.2) is 24.3 Å². The summed E-state index contributed by atoms with van der Waals surface area (Å²) in [6.07, 6.45) is 6.52. The Morgan fingerprint density at radius 1 is 0.900 bits per heavy atom. The number of rotatable bonds is 8. The molecule has 20 heavy (non-hydrogen) atoms. The third-order valence-corrected chi connectivity index (χ3v) is 3.69. The molecule has 0 amide bonds. The third-order valence-electron chi connectivity index (χ3n) is 3.69. The number of unbranched alkanes of at least 4 members (excludes halogenated alkanes) is 3. The van der Waals surface area contributed by atoms with Crippen LogP contribution in [0.1, 0.15) is 77.3 Å². The molecule has 0 unspecified atom stereocenters. The van der Waals surface area contributed by atoms with E-state index in [1.165, 1.54) is 43.2 Å². The average Bonchev–Trinajstić information content (AvgIpc) is 2.37. The van der Waals surface area contributed by atoms with Gasteiger partial charge in [0, 0.05) is 5.54 Å². The Hall–Kier alpha value is -0.820. The molecule has 1 rings (SSSR count). The van der Waals surface area contributed by atoms with E-state index in [2.05, 4.69) is 64.2 Å². The number of benzene rings is 1. The van der Waals surface area contributed by atoms with E-state index in [4.69, 9.17) is 0 Å². The molecule has 0 aliphatic carbocycles. The van der Waals surface area contributed by atoms with Crippen molar-refractivity contribution in [1.82, 2.24) is 5.32 Å². The van der Waals surface area contributed by atoms with Crippen molar-refractivity contribution in [2.24, 2.45) is 0 Å². The first-order valence-corrected chi connectivity index (χ1v) is 8.22. The van der Waals surface area contributed by atoms with E-state index in [9.17, 15) is 0 Å². The number of aryl methyl sites for hydroxylation is 1. The molecule has 1 nitrogen and oxygen atoms in total. The summed E-state index contributed by atoms with van der Waals surface area (Å²) in [5.41, 5.74) is 3.20. The van der Waals surface area contributed by atoms with Gasteiger partial charge in [0.25, 0.3) is 0 Å². The van der Waals surface area contributed by atoms with Gasteiger partial charge in [-0.15, -0.1) is 0 Å². The molecule has 0 spiro atoms. The molecule has 0 atom stereocenters. The van der Waals surface area contributed by atoms with Crippen LogP contribution in [-0.2, 0) is 6.42 Å². The normalized spacial score (nSPS) is 12.1. The molecule has 1 aromatic rings. The smallest absolute Gasteiger partial charge is 0.00965 e. The predicted molar refractivity (Wildman–Crippen MR) is 90.5 cm³/mol. The minimum absolute atomic E-state index is 0.262. The second kappa shape index (κ2) is 8.46. The van der Waals surface area contributed by atoms with Gasteiger partial charge in [-0.05, 0) is 63.6 Å². The van der Waals surface area contributed by atoms with E-state index < -0.39 is 0 Å². The fourth-order valence-electron chi connectivity index (χ4n) is 2.34. The SMILES string of the molecule is CC(C)c1ccc(CCCCCCNC(C)(C)C)cc1. The summed E-state index contributed by atoms with van der Waals surface area (Å²) in [7, 11) is 0. The van der Waals surface area contributed by atoms with E-state index in [1.807, 2.05) is 0 Å². The van der Waals surface area contributed by atoms with Crippen LogP contribution < -0.4 is 5.32 Å². The standard InChI is InChI=1S/C19H33N/c1-16(2)18-13-11-17(12-14-18)10-8-6-7-9-15-20-19(3,4)5/h11-14,16,20H,6-10,15H2,1-5H3. The van der Waals surface area contributed by atoms with Crippen molar-refractivity contribution in [3.05, 3.63) is 35.4 Å². The molecule has 1 N–H and O–H groups in total. The molecule has 0 aromatic heterocycles. The molecule has 1 heteroatoms. The minimum Gasteiger partial charge on any atom is -0.312 e. The lowest BCUT2D eigenvalue weighted by molar-refractivity contribution is 0.416. The molecule has 0 aliphatic rings. The zero-order chi connectivity index (χ0) is 15.0. The number of hydrogen-bond donors (Lipinski definition) is 1. The Balaban J connectivity index is 2.09. The molecule has 0 saturated carbocycles. The highest BCUT2D eigenvalue weighted by atomic mass is 14.9. The van der Waals surface area contributed by atoms with Gasteiger partial charge in [0.1, 0.15) is 0 Å². The van der Waals surface area contributed by atoms with E-state index in [-0.39, 0.29) is 5.54 Å². The quantitative estimate of drug-likeness (QED) is 0.635. The first-order valence-electron chi connectivity index (χ1n) is 8.22. The molecule has 114 valence electrons. The highest BCUT2D eigenvalue weighted by molar-refractivity contribution is 5.24. The average molecular weight is 275 g/mol. The topological polar surface area (TPSA) is 12.0 Å².